The van der Waals surface area contributed by atoms with Crippen LogP contribution in [0.1, 0.15) is 43.3 Å². The Morgan fingerprint density at radius 2 is 1.84 bits per heavy atom. The number of hydrogen-bond donors (Lipinski definition) is 1. The number of halogens is 6. The first-order chi connectivity index (χ1) is 14.5. The molecule has 0 bridgehead atoms. The molecule has 31 heavy (non-hydrogen) atoms. The second-order valence-electron chi connectivity index (χ2n) is 8.05. The quantitative estimate of drug-likeness (QED) is 0.519. The summed E-state index contributed by atoms with van der Waals surface area (Å²) in [4.78, 5) is 9.44. The molecule has 4 nitrogen and oxygen atoms in total. The Hall–Kier alpha value is -2.20. The highest BCUT2D eigenvalue weighted by Gasteiger charge is 2.36. The number of alkyl halides is 3. The predicted octanol–water partition coefficient (Wildman–Crippen LogP) is 4.47. The van der Waals surface area contributed by atoms with Gasteiger partial charge in [0.15, 0.2) is 11.6 Å². The van der Waals surface area contributed by atoms with E-state index < -0.39 is 29.5 Å². The van der Waals surface area contributed by atoms with Gasteiger partial charge in [0.05, 0.1) is 5.69 Å². The van der Waals surface area contributed by atoms with E-state index in [9.17, 15) is 26.3 Å². The van der Waals surface area contributed by atoms with E-state index in [0.717, 1.165) is 43.5 Å². The van der Waals surface area contributed by atoms with Crippen LogP contribution in [0.25, 0.3) is 0 Å². The number of fused-ring (bicyclic) bond motifs is 1. The molecule has 4 rings (SSSR count). The van der Waals surface area contributed by atoms with E-state index in [-0.39, 0.29) is 6.04 Å². The van der Waals surface area contributed by atoms with Crippen LogP contribution in [0.5, 0.6) is 0 Å². The van der Waals surface area contributed by atoms with Gasteiger partial charge in [-0.15, -0.1) is 0 Å². The standard InChI is InChI=1S/C15H21F3N4.C6H3F3/c1-9-2-3-11(6-12(9)19)22-5-4-10-7-20-14(15(16,17)18)21-13(10)8-22;7-4-1-2-5(8)6(9)3-4/h7,9,11-12H,2-6,8,19H2,1H3;1-3H/t9?,11-,12-;/m0./s1. The number of nitrogens with zero attached hydrogens (tertiary/aromatic N) is 3. The summed E-state index contributed by atoms with van der Waals surface area (Å²) in [5.41, 5.74) is 7.50. The van der Waals surface area contributed by atoms with Crippen molar-refractivity contribution in [2.45, 2.75) is 57.4 Å². The maximum absolute atomic E-state index is 12.7. The van der Waals surface area contributed by atoms with Crippen LogP contribution in [0, 0.1) is 23.4 Å². The van der Waals surface area contributed by atoms with Gasteiger partial charge < -0.3 is 5.73 Å². The van der Waals surface area contributed by atoms with Crippen LogP contribution in [0.4, 0.5) is 26.3 Å². The highest BCUT2D eigenvalue weighted by atomic mass is 19.4. The van der Waals surface area contributed by atoms with Crippen molar-refractivity contribution < 1.29 is 26.3 Å². The Kier molecular flexibility index (Phi) is 7.20. The molecule has 1 aliphatic heterocycles. The van der Waals surface area contributed by atoms with Crippen molar-refractivity contribution in [2.24, 2.45) is 11.7 Å². The topological polar surface area (TPSA) is 55.0 Å². The average molecular weight is 446 g/mol. The fourth-order valence-corrected chi connectivity index (χ4v) is 3.91. The van der Waals surface area contributed by atoms with Crippen LogP contribution >= 0.6 is 0 Å². The van der Waals surface area contributed by atoms with E-state index in [4.69, 9.17) is 5.73 Å². The Labute approximate surface area is 176 Å². The second kappa shape index (κ2) is 9.52. The maximum Gasteiger partial charge on any atom is 0.451 e. The van der Waals surface area contributed by atoms with Gasteiger partial charge in [0.1, 0.15) is 5.82 Å². The number of nitrogens with two attached hydrogens (primary N) is 1. The Morgan fingerprint density at radius 1 is 1.10 bits per heavy atom. The molecule has 170 valence electrons. The summed E-state index contributed by atoms with van der Waals surface area (Å²) in [6.45, 7) is 3.47. The molecule has 2 heterocycles. The number of hydrogen-bond acceptors (Lipinski definition) is 4. The minimum absolute atomic E-state index is 0.177. The molecule has 3 atom stereocenters. The largest absolute Gasteiger partial charge is 0.451 e. The van der Waals surface area contributed by atoms with Crippen molar-refractivity contribution >= 4 is 0 Å². The van der Waals surface area contributed by atoms with Crippen LogP contribution in [0.2, 0.25) is 0 Å². The zero-order chi connectivity index (χ0) is 22.8. The summed E-state index contributed by atoms with van der Waals surface area (Å²) >= 11 is 0. The molecule has 2 N–H and O–H groups in total. The summed E-state index contributed by atoms with van der Waals surface area (Å²) < 4.78 is 74.1. The van der Waals surface area contributed by atoms with Crippen LogP contribution in [0.3, 0.4) is 0 Å². The van der Waals surface area contributed by atoms with Gasteiger partial charge in [-0.2, -0.15) is 13.2 Å². The van der Waals surface area contributed by atoms with Gasteiger partial charge in [0.2, 0.25) is 5.82 Å². The molecule has 1 aliphatic carbocycles. The average Bonchev–Trinajstić information content (AvgIpc) is 2.72. The molecule has 0 saturated heterocycles. The van der Waals surface area contributed by atoms with Gasteiger partial charge in [-0.25, -0.2) is 23.1 Å². The SMILES string of the molecule is CC1CC[C@H](N2CCc3cnc(C(F)(F)F)nc3C2)C[C@@H]1N.Fc1ccc(F)c(F)c1. The molecule has 1 aromatic carbocycles. The minimum Gasteiger partial charge on any atom is -0.327 e. The first-order valence-electron chi connectivity index (χ1n) is 10.1. The number of rotatable bonds is 1. The molecule has 10 heteroatoms. The molecular weight excluding hydrogens is 422 g/mol. The van der Waals surface area contributed by atoms with Crippen LogP contribution in [-0.4, -0.2) is 33.5 Å². The number of aromatic nitrogens is 2. The lowest BCUT2D eigenvalue weighted by Crippen LogP contribution is -2.47. The molecule has 2 aliphatic rings. The summed E-state index contributed by atoms with van der Waals surface area (Å²) in [6.07, 6.45) is 0.591. The first-order valence-corrected chi connectivity index (χ1v) is 10.1. The van der Waals surface area contributed by atoms with Gasteiger partial charge in [0.25, 0.3) is 0 Å². The van der Waals surface area contributed by atoms with Crippen LogP contribution in [-0.2, 0) is 19.1 Å². The van der Waals surface area contributed by atoms with E-state index in [0.29, 0.717) is 36.7 Å². The maximum atomic E-state index is 12.7. The second-order valence-corrected chi connectivity index (χ2v) is 8.05. The van der Waals surface area contributed by atoms with Crippen LogP contribution < -0.4 is 5.73 Å². The van der Waals surface area contributed by atoms with Crippen LogP contribution in [0.15, 0.2) is 24.4 Å². The Balaban J connectivity index is 0.000000254. The lowest BCUT2D eigenvalue weighted by Gasteiger charge is -2.40. The highest BCUT2D eigenvalue weighted by molar-refractivity contribution is 5.21. The molecule has 0 amide bonds. The van der Waals surface area contributed by atoms with Gasteiger partial charge in [-0.3, -0.25) is 4.90 Å². The first kappa shape index (κ1) is 23.5. The van der Waals surface area contributed by atoms with Gasteiger partial charge in [-0.05, 0) is 49.3 Å². The lowest BCUT2D eigenvalue weighted by molar-refractivity contribution is -0.145. The fourth-order valence-electron chi connectivity index (χ4n) is 3.91. The zero-order valence-electron chi connectivity index (χ0n) is 17.0. The Bertz CT molecular complexity index is 904. The van der Waals surface area contributed by atoms with E-state index in [1.165, 1.54) is 6.20 Å². The third kappa shape index (κ3) is 5.94. The van der Waals surface area contributed by atoms with Crippen molar-refractivity contribution in [1.82, 2.24) is 14.9 Å². The lowest BCUT2D eigenvalue weighted by atomic mass is 9.82. The van der Waals surface area contributed by atoms with Gasteiger partial charge in [-0.1, -0.05) is 6.92 Å². The third-order valence-electron chi connectivity index (χ3n) is 5.86. The van der Waals surface area contributed by atoms with Crippen molar-refractivity contribution in [3.63, 3.8) is 0 Å². The molecule has 0 radical (unpaired) electrons. The molecule has 1 saturated carbocycles. The van der Waals surface area contributed by atoms with E-state index in [2.05, 4.69) is 21.8 Å². The van der Waals surface area contributed by atoms with Crippen molar-refractivity contribution in [3.8, 4) is 0 Å². The highest BCUT2D eigenvalue weighted by Crippen LogP contribution is 2.31. The summed E-state index contributed by atoms with van der Waals surface area (Å²) in [5, 5.41) is 0. The van der Waals surface area contributed by atoms with E-state index in [1.807, 2.05) is 0 Å². The van der Waals surface area contributed by atoms with Crippen molar-refractivity contribution in [1.29, 1.82) is 0 Å². The zero-order valence-corrected chi connectivity index (χ0v) is 17.0. The van der Waals surface area contributed by atoms with Gasteiger partial charge >= 0.3 is 6.18 Å². The van der Waals surface area contributed by atoms with E-state index >= 15 is 0 Å². The summed E-state index contributed by atoms with van der Waals surface area (Å²) in [6, 6.07) is 2.62. The van der Waals surface area contributed by atoms with Gasteiger partial charge in [0, 0.05) is 37.4 Å². The molecule has 2 aromatic rings. The van der Waals surface area contributed by atoms with E-state index in [1.54, 1.807) is 0 Å². The Morgan fingerprint density at radius 3 is 2.45 bits per heavy atom. The molecular formula is C21H24F6N4. The summed E-state index contributed by atoms with van der Waals surface area (Å²) in [5.74, 6) is -3.48. The molecule has 1 unspecified atom stereocenters. The predicted molar refractivity (Wildman–Crippen MR) is 102 cm³/mol. The smallest absolute Gasteiger partial charge is 0.327 e. The van der Waals surface area contributed by atoms with Crippen molar-refractivity contribution in [3.05, 3.63) is 58.9 Å². The normalized spacial score (nSPS) is 24.2. The molecule has 1 aromatic heterocycles. The summed E-state index contributed by atoms with van der Waals surface area (Å²) in [7, 11) is 0. The minimum atomic E-state index is -4.49. The fraction of sp³-hybridized carbons (Fsp3) is 0.524. The third-order valence-corrected chi connectivity index (χ3v) is 5.86. The molecule has 1 fully saturated rings. The molecule has 0 spiro atoms. The van der Waals surface area contributed by atoms with Crippen molar-refractivity contribution in [2.75, 3.05) is 6.54 Å². The number of benzene rings is 1. The monoisotopic (exact) mass is 446 g/mol.